The van der Waals surface area contributed by atoms with Crippen LogP contribution in [0.5, 0.6) is 0 Å². The smallest absolute Gasteiger partial charge is 0.326 e. The van der Waals surface area contributed by atoms with E-state index in [-0.39, 0.29) is 6.42 Å². The summed E-state index contributed by atoms with van der Waals surface area (Å²) in [5.74, 6) is -1.61. The van der Waals surface area contributed by atoms with Crippen LogP contribution in [0.15, 0.2) is 29.3 Å². The molecular weight excluding hydrogens is 342 g/mol. The summed E-state index contributed by atoms with van der Waals surface area (Å²) in [5, 5.41) is 12.3. The Bertz CT molecular complexity index is 606. The lowest BCUT2D eigenvalue weighted by Gasteiger charge is -2.18. The number of nitrogens with zero attached hydrogens (tertiary/aromatic N) is 1. The number of hydrogen-bond acceptors (Lipinski definition) is 6. The molecule has 1 rings (SSSR count). The van der Waals surface area contributed by atoms with E-state index < -0.39 is 24.0 Å². The van der Waals surface area contributed by atoms with Crippen molar-refractivity contribution in [1.82, 2.24) is 5.32 Å². The van der Waals surface area contributed by atoms with Gasteiger partial charge in [-0.2, -0.15) is 0 Å². The van der Waals surface area contributed by atoms with Crippen LogP contribution in [0.1, 0.15) is 18.4 Å². The van der Waals surface area contributed by atoms with Crippen molar-refractivity contribution in [1.29, 1.82) is 0 Å². The van der Waals surface area contributed by atoms with E-state index in [1.807, 2.05) is 6.26 Å². The Balaban J connectivity index is 2.52. The Morgan fingerprint density at radius 1 is 1.32 bits per heavy atom. The molecule has 0 bridgehead atoms. The fourth-order valence-electron chi connectivity index (χ4n) is 2.06. The molecule has 138 valence electrons. The molecule has 0 saturated heterocycles. The monoisotopic (exact) mass is 367 g/mol. The maximum atomic E-state index is 12.1. The molecule has 0 aliphatic carbocycles. The minimum absolute atomic E-state index is 0.155. The summed E-state index contributed by atoms with van der Waals surface area (Å²) in [6, 6.07) is 4.98. The maximum Gasteiger partial charge on any atom is 0.326 e. The number of amidine groups is 1. The third-order valence-corrected chi connectivity index (χ3v) is 4.07. The Kier molecular flexibility index (Phi) is 8.79. The van der Waals surface area contributed by atoms with Crippen molar-refractivity contribution < 1.29 is 14.7 Å². The molecule has 8 nitrogen and oxygen atoms in total. The zero-order valence-corrected chi connectivity index (χ0v) is 15.0. The number of carbonyl (C=O) groups is 2. The third kappa shape index (κ3) is 7.90. The molecule has 0 unspecified atom stereocenters. The number of rotatable bonds is 9. The van der Waals surface area contributed by atoms with Gasteiger partial charge in [-0.15, -0.1) is 0 Å². The van der Waals surface area contributed by atoms with Gasteiger partial charge in [-0.3, -0.25) is 9.79 Å². The number of amides is 1. The highest BCUT2D eigenvalue weighted by Gasteiger charge is 2.23. The average molecular weight is 367 g/mol. The predicted molar refractivity (Wildman–Crippen MR) is 101 cm³/mol. The minimum Gasteiger partial charge on any atom is -0.480 e. The SMILES string of the molecule is CSC(N)=NCCC[C@H](N)C(=O)N[C@@H](Cc1ccc(N)cc1)C(=O)O. The van der Waals surface area contributed by atoms with Crippen LogP contribution in [0.2, 0.25) is 0 Å². The highest BCUT2D eigenvalue weighted by molar-refractivity contribution is 8.13. The lowest BCUT2D eigenvalue weighted by atomic mass is 10.0. The molecule has 2 atom stereocenters. The van der Waals surface area contributed by atoms with Gasteiger partial charge < -0.3 is 27.6 Å². The zero-order chi connectivity index (χ0) is 18.8. The molecule has 0 radical (unpaired) electrons. The highest BCUT2D eigenvalue weighted by Crippen LogP contribution is 2.08. The molecule has 0 aromatic heterocycles. The summed E-state index contributed by atoms with van der Waals surface area (Å²) in [7, 11) is 0. The van der Waals surface area contributed by atoms with E-state index in [1.54, 1.807) is 24.3 Å². The van der Waals surface area contributed by atoms with Crippen molar-refractivity contribution in [2.24, 2.45) is 16.5 Å². The fraction of sp³-hybridized carbons (Fsp3) is 0.438. The predicted octanol–water partition coefficient (Wildman–Crippen LogP) is 0.166. The Morgan fingerprint density at radius 3 is 2.52 bits per heavy atom. The number of benzene rings is 1. The third-order valence-electron chi connectivity index (χ3n) is 3.52. The summed E-state index contributed by atoms with van der Waals surface area (Å²) in [5.41, 5.74) is 18.3. The summed E-state index contributed by atoms with van der Waals surface area (Å²) in [4.78, 5) is 27.6. The minimum atomic E-state index is -1.12. The van der Waals surface area contributed by atoms with Crippen molar-refractivity contribution >= 4 is 34.5 Å². The molecule has 1 amide bonds. The van der Waals surface area contributed by atoms with Crippen molar-refractivity contribution in [3.05, 3.63) is 29.8 Å². The molecule has 9 heteroatoms. The van der Waals surface area contributed by atoms with Crippen LogP contribution in [-0.4, -0.2) is 47.0 Å². The van der Waals surface area contributed by atoms with Crippen LogP contribution in [0.4, 0.5) is 5.69 Å². The Labute approximate surface area is 151 Å². The fourth-order valence-corrected chi connectivity index (χ4v) is 2.28. The largest absolute Gasteiger partial charge is 0.480 e. The van der Waals surface area contributed by atoms with Crippen molar-refractivity contribution in [3.63, 3.8) is 0 Å². The van der Waals surface area contributed by atoms with Crippen molar-refractivity contribution in [2.45, 2.75) is 31.3 Å². The van der Waals surface area contributed by atoms with Crippen molar-refractivity contribution in [2.75, 3.05) is 18.5 Å². The first-order valence-corrected chi connectivity index (χ1v) is 9.03. The van der Waals surface area contributed by atoms with Gasteiger partial charge in [-0.25, -0.2) is 4.79 Å². The van der Waals surface area contributed by atoms with Crippen LogP contribution < -0.4 is 22.5 Å². The topological polar surface area (TPSA) is 157 Å². The van der Waals surface area contributed by atoms with E-state index in [0.717, 1.165) is 5.56 Å². The van der Waals surface area contributed by atoms with Gasteiger partial charge in [0, 0.05) is 18.7 Å². The molecular formula is C16H25N5O3S. The zero-order valence-electron chi connectivity index (χ0n) is 14.1. The number of anilines is 1. The number of carbonyl (C=O) groups excluding carboxylic acids is 1. The van der Waals surface area contributed by atoms with Gasteiger partial charge in [0.1, 0.15) is 6.04 Å². The molecule has 1 aromatic carbocycles. The summed E-state index contributed by atoms with van der Waals surface area (Å²) < 4.78 is 0. The first kappa shape index (κ1) is 20.8. The summed E-state index contributed by atoms with van der Waals surface area (Å²) in [6.07, 6.45) is 2.96. The Morgan fingerprint density at radius 2 is 1.96 bits per heavy atom. The second kappa shape index (κ2) is 10.6. The summed E-state index contributed by atoms with van der Waals surface area (Å²) in [6.45, 7) is 0.474. The second-order valence-corrected chi connectivity index (χ2v) is 6.34. The van der Waals surface area contributed by atoms with Gasteiger partial charge >= 0.3 is 5.97 Å². The van der Waals surface area contributed by atoms with Gasteiger partial charge in [0.2, 0.25) is 5.91 Å². The first-order chi connectivity index (χ1) is 11.8. The van der Waals surface area contributed by atoms with Crippen LogP contribution in [0.3, 0.4) is 0 Å². The normalized spacial score (nSPS) is 13.9. The second-order valence-electron chi connectivity index (χ2n) is 5.52. The number of carboxylic acids is 1. The van der Waals surface area contributed by atoms with E-state index in [2.05, 4.69) is 10.3 Å². The number of nitrogen functional groups attached to an aromatic ring is 1. The molecule has 0 saturated carbocycles. The number of aliphatic imine (C=N–C) groups is 1. The standard InChI is InChI=1S/C16H25N5O3S/c1-25-16(19)20-8-2-3-12(18)14(22)21-13(15(23)24)9-10-4-6-11(17)7-5-10/h4-7,12-13H,2-3,8-9,17-18H2,1H3,(H2,19,20)(H,21,22)(H,23,24)/t12-,13-/m0/s1. The molecule has 0 aliphatic heterocycles. The van der Waals surface area contributed by atoms with E-state index in [9.17, 15) is 14.7 Å². The number of nitrogens with two attached hydrogens (primary N) is 3. The maximum absolute atomic E-state index is 12.1. The lowest BCUT2D eigenvalue weighted by molar-refractivity contribution is -0.142. The van der Waals surface area contributed by atoms with E-state index in [0.29, 0.717) is 30.2 Å². The number of carboxylic acid groups (broad SMARTS) is 1. The van der Waals surface area contributed by atoms with Gasteiger partial charge in [-0.05, 0) is 36.8 Å². The Hall–Kier alpha value is -2.26. The van der Waals surface area contributed by atoms with Crippen LogP contribution in [0, 0.1) is 0 Å². The molecule has 0 fully saturated rings. The van der Waals surface area contributed by atoms with Gasteiger partial charge in [0.25, 0.3) is 0 Å². The van der Waals surface area contributed by atoms with E-state index in [4.69, 9.17) is 17.2 Å². The van der Waals surface area contributed by atoms with Gasteiger partial charge in [0.05, 0.1) is 6.04 Å². The molecule has 25 heavy (non-hydrogen) atoms. The van der Waals surface area contributed by atoms with Gasteiger partial charge in [-0.1, -0.05) is 23.9 Å². The molecule has 0 aliphatic rings. The molecule has 0 spiro atoms. The lowest BCUT2D eigenvalue weighted by Crippen LogP contribution is -2.49. The quantitative estimate of drug-likeness (QED) is 0.180. The van der Waals surface area contributed by atoms with Crippen LogP contribution in [-0.2, 0) is 16.0 Å². The van der Waals surface area contributed by atoms with Crippen LogP contribution in [0.25, 0.3) is 0 Å². The number of thioether (sulfide) groups is 1. The van der Waals surface area contributed by atoms with E-state index >= 15 is 0 Å². The molecule has 0 heterocycles. The van der Waals surface area contributed by atoms with Crippen molar-refractivity contribution in [3.8, 4) is 0 Å². The molecule has 1 aromatic rings. The highest BCUT2D eigenvalue weighted by atomic mass is 32.2. The van der Waals surface area contributed by atoms with Crippen LogP contribution >= 0.6 is 11.8 Å². The number of hydrogen-bond donors (Lipinski definition) is 5. The average Bonchev–Trinajstić information content (AvgIpc) is 2.59. The summed E-state index contributed by atoms with van der Waals surface area (Å²) >= 11 is 1.35. The number of nitrogens with one attached hydrogen (secondary N) is 1. The molecule has 8 N–H and O–H groups in total. The van der Waals surface area contributed by atoms with E-state index in [1.165, 1.54) is 11.8 Å². The number of aliphatic carboxylic acids is 1. The first-order valence-electron chi connectivity index (χ1n) is 7.80. The van der Waals surface area contributed by atoms with Gasteiger partial charge in [0.15, 0.2) is 5.17 Å².